The zero-order valence-electron chi connectivity index (χ0n) is 25.1. The van der Waals surface area contributed by atoms with Crippen molar-refractivity contribution in [2.75, 3.05) is 12.4 Å². The van der Waals surface area contributed by atoms with Crippen molar-refractivity contribution in [3.05, 3.63) is 162 Å². The number of fused-ring (bicyclic) bond motifs is 2. The highest BCUT2D eigenvalue weighted by Crippen LogP contribution is 2.32. The molecule has 0 saturated heterocycles. The SMILES string of the molecule is COc1ccc([C@@H]2C(C(=O)Nc3ccccc3)=C(C)N=c3s/c(=C/c4cn(Cc5ccccc5Cl)c5ccccc45)c(=O)n32)cc1. The van der Waals surface area contributed by atoms with E-state index >= 15 is 0 Å². The second kappa shape index (κ2) is 12.3. The lowest BCUT2D eigenvalue weighted by molar-refractivity contribution is -0.113. The Morgan fingerprint density at radius 1 is 0.978 bits per heavy atom. The Morgan fingerprint density at radius 3 is 2.46 bits per heavy atom. The molecule has 0 unspecified atom stereocenters. The Hall–Kier alpha value is -5.18. The summed E-state index contributed by atoms with van der Waals surface area (Å²) in [6, 6.07) is 31.9. The number of ether oxygens (including phenoxy) is 1. The average molecular weight is 645 g/mol. The predicted octanol–water partition coefficient (Wildman–Crippen LogP) is 6.54. The molecule has 7 nitrogen and oxygen atoms in total. The van der Waals surface area contributed by atoms with E-state index in [-0.39, 0.29) is 11.5 Å². The first-order valence-electron chi connectivity index (χ1n) is 14.8. The number of rotatable bonds is 7. The van der Waals surface area contributed by atoms with Gasteiger partial charge < -0.3 is 14.6 Å². The van der Waals surface area contributed by atoms with Crippen LogP contribution in [0.2, 0.25) is 5.02 Å². The van der Waals surface area contributed by atoms with Crippen LogP contribution in [0.1, 0.15) is 29.7 Å². The standard InChI is InChI=1S/C37H29ClN4O3S/c1-23-33(35(43)40-27-11-4-3-5-12-27)34(24-16-18-28(45-2)19-17-24)42-36(44)32(46-37(42)39-23)20-26-22-41(31-15-9-7-13-29(26)31)21-25-10-6-8-14-30(25)38/h3-20,22,34H,21H2,1-2H3,(H,40,43)/b32-20+/t34-/m1/s1. The summed E-state index contributed by atoms with van der Waals surface area (Å²) in [7, 11) is 1.60. The lowest BCUT2D eigenvalue weighted by Crippen LogP contribution is -2.40. The zero-order chi connectivity index (χ0) is 31.8. The average Bonchev–Trinajstić information content (AvgIpc) is 3.57. The van der Waals surface area contributed by atoms with E-state index in [1.54, 1.807) is 11.7 Å². The van der Waals surface area contributed by atoms with Crippen LogP contribution in [0, 0.1) is 0 Å². The highest BCUT2D eigenvalue weighted by Gasteiger charge is 2.32. The summed E-state index contributed by atoms with van der Waals surface area (Å²) in [4.78, 5) is 33.5. The summed E-state index contributed by atoms with van der Waals surface area (Å²) in [6.07, 6.45) is 3.97. The molecule has 3 heterocycles. The molecular weight excluding hydrogens is 616 g/mol. The number of nitrogens with zero attached hydrogens (tertiary/aromatic N) is 3. The van der Waals surface area contributed by atoms with Crippen LogP contribution < -0.4 is 24.9 Å². The van der Waals surface area contributed by atoms with Crippen molar-refractivity contribution in [3.8, 4) is 5.75 Å². The smallest absolute Gasteiger partial charge is 0.271 e. The zero-order valence-corrected chi connectivity index (χ0v) is 26.7. The van der Waals surface area contributed by atoms with Gasteiger partial charge in [0.2, 0.25) is 0 Å². The Kier molecular flexibility index (Phi) is 7.90. The van der Waals surface area contributed by atoms with Gasteiger partial charge in [0.25, 0.3) is 11.5 Å². The molecule has 0 spiro atoms. The molecule has 4 aromatic carbocycles. The second-order valence-electron chi connectivity index (χ2n) is 11.0. The lowest BCUT2D eigenvalue weighted by Gasteiger charge is -2.25. The number of amides is 1. The van der Waals surface area contributed by atoms with Crippen molar-refractivity contribution in [1.29, 1.82) is 0 Å². The van der Waals surface area contributed by atoms with Gasteiger partial charge in [0.05, 0.1) is 29.0 Å². The van der Waals surface area contributed by atoms with Crippen LogP contribution in [0.5, 0.6) is 5.75 Å². The molecule has 7 rings (SSSR count). The van der Waals surface area contributed by atoms with E-state index in [1.165, 1.54) is 11.3 Å². The van der Waals surface area contributed by atoms with Gasteiger partial charge >= 0.3 is 0 Å². The Morgan fingerprint density at radius 2 is 1.70 bits per heavy atom. The van der Waals surface area contributed by atoms with E-state index in [1.807, 2.05) is 104 Å². The molecule has 0 bridgehead atoms. The van der Waals surface area contributed by atoms with Crippen LogP contribution in [0.25, 0.3) is 17.0 Å². The summed E-state index contributed by atoms with van der Waals surface area (Å²) in [5.41, 5.74) is 5.13. The number of hydrogen-bond acceptors (Lipinski definition) is 5. The fraction of sp³-hybridized carbons (Fsp3) is 0.108. The molecule has 0 radical (unpaired) electrons. The minimum absolute atomic E-state index is 0.218. The lowest BCUT2D eigenvalue weighted by atomic mass is 9.95. The number of thiazole rings is 1. The number of carbonyl (C=O) groups is 1. The molecule has 1 atom stereocenters. The van der Waals surface area contributed by atoms with Gasteiger partial charge in [-0.2, -0.15) is 0 Å². The summed E-state index contributed by atoms with van der Waals surface area (Å²) < 4.78 is 9.69. The molecule has 6 aromatic rings. The second-order valence-corrected chi connectivity index (χ2v) is 12.4. The molecule has 0 aliphatic carbocycles. The van der Waals surface area contributed by atoms with Crippen LogP contribution >= 0.6 is 22.9 Å². The normalized spacial score (nSPS) is 14.7. The van der Waals surface area contributed by atoms with Crippen molar-refractivity contribution >= 4 is 51.5 Å². The number of carbonyl (C=O) groups excluding carboxylic acids is 1. The van der Waals surface area contributed by atoms with Crippen molar-refractivity contribution in [3.63, 3.8) is 0 Å². The van der Waals surface area contributed by atoms with E-state index in [0.29, 0.717) is 43.6 Å². The molecule has 1 amide bonds. The highest BCUT2D eigenvalue weighted by atomic mass is 35.5. The number of para-hydroxylation sites is 2. The Labute approximate surface area is 274 Å². The molecule has 46 heavy (non-hydrogen) atoms. The third kappa shape index (κ3) is 5.46. The maximum atomic E-state index is 14.3. The van der Waals surface area contributed by atoms with Crippen LogP contribution in [-0.2, 0) is 11.3 Å². The summed E-state index contributed by atoms with van der Waals surface area (Å²) >= 11 is 7.82. The van der Waals surface area contributed by atoms with Gasteiger partial charge in [-0.3, -0.25) is 14.2 Å². The predicted molar refractivity (Wildman–Crippen MR) is 184 cm³/mol. The van der Waals surface area contributed by atoms with Gasteiger partial charge in [-0.25, -0.2) is 4.99 Å². The molecule has 0 saturated carbocycles. The van der Waals surface area contributed by atoms with E-state index in [2.05, 4.69) is 28.2 Å². The van der Waals surface area contributed by atoms with Crippen LogP contribution in [-0.4, -0.2) is 22.2 Å². The van der Waals surface area contributed by atoms with Crippen molar-refractivity contribution in [2.45, 2.75) is 19.5 Å². The molecular formula is C37H29ClN4O3S. The molecule has 1 aliphatic heterocycles. The number of anilines is 1. The molecule has 228 valence electrons. The molecule has 2 aromatic heterocycles. The van der Waals surface area contributed by atoms with Gasteiger partial charge in [0.1, 0.15) is 5.75 Å². The summed E-state index contributed by atoms with van der Waals surface area (Å²) in [5.74, 6) is 0.366. The minimum atomic E-state index is -0.686. The first-order chi connectivity index (χ1) is 22.4. The topological polar surface area (TPSA) is 77.6 Å². The number of methoxy groups -OCH3 is 1. The first kappa shape index (κ1) is 29.5. The first-order valence-corrected chi connectivity index (χ1v) is 15.9. The van der Waals surface area contributed by atoms with Gasteiger partial charge in [0.15, 0.2) is 4.80 Å². The largest absolute Gasteiger partial charge is 0.497 e. The van der Waals surface area contributed by atoms with Crippen molar-refractivity contribution in [1.82, 2.24) is 9.13 Å². The number of aromatic nitrogens is 2. The molecule has 0 fully saturated rings. The van der Waals surface area contributed by atoms with Gasteiger partial charge in [-0.1, -0.05) is 89.7 Å². The number of nitrogens with one attached hydrogen (secondary N) is 1. The number of allylic oxidation sites excluding steroid dienone is 1. The number of hydrogen-bond donors (Lipinski definition) is 1. The number of halogens is 1. The Balaban J connectivity index is 1.36. The minimum Gasteiger partial charge on any atom is -0.497 e. The quantitative estimate of drug-likeness (QED) is 0.214. The van der Waals surface area contributed by atoms with Crippen LogP contribution in [0.3, 0.4) is 0 Å². The van der Waals surface area contributed by atoms with E-state index in [9.17, 15) is 9.59 Å². The fourth-order valence-corrected chi connectivity index (χ4v) is 7.14. The van der Waals surface area contributed by atoms with E-state index < -0.39 is 6.04 Å². The van der Waals surface area contributed by atoms with E-state index in [4.69, 9.17) is 21.3 Å². The van der Waals surface area contributed by atoms with Crippen LogP contribution in [0.15, 0.2) is 130 Å². The molecule has 9 heteroatoms. The maximum absolute atomic E-state index is 14.3. The molecule has 1 N–H and O–H groups in total. The third-order valence-electron chi connectivity index (χ3n) is 8.13. The maximum Gasteiger partial charge on any atom is 0.271 e. The van der Waals surface area contributed by atoms with Gasteiger partial charge in [-0.15, -0.1) is 0 Å². The summed E-state index contributed by atoms with van der Waals surface area (Å²) in [5, 5.41) is 4.72. The van der Waals surface area contributed by atoms with Gasteiger partial charge in [-0.05, 0) is 60.5 Å². The molecule has 1 aliphatic rings. The van der Waals surface area contributed by atoms with Crippen molar-refractivity contribution < 1.29 is 9.53 Å². The summed E-state index contributed by atoms with van der Waals surface area (Å²) in [6.45, 7) is 2.40. The van der Waals surface area contributed by atoms with E-state index in [0.717, 1.165) is 27.6 Å². The highest BCUT2D eigenvalue weighted by molar-refractivity contribution is 7.07. The van der Waals surface area contributed by atoms with Gasteiger partial charge in [0, 0.05) is 39.9 Å². The Bertz CT molecular complexity index is 2320. The van der Waals surface area contributed by atoms with Crippen LogP contribution in [0.4, 0.5) is 5.69 Å². The monoisotopic (exact) mass is 644 g/mol. The number of benzene rings is 4. The van der Waals surface area contributed by atoms with Crippen molar-refractivity contribution in [2.24, 2.45) is 4.99 Å². The third-order valence-corrected chi connectivity index (χ3v) is 9.49. The fourth-order valence-electron chi connectivity index (χ4n) is 5.91.